The number of hydrogen-bond acceptors (Lipinski definition) is 6. The fraction of sp³-hybridized carbons (Fsp3) is 0.565. The Morgan fingerprint density at radius 1 is 0.946 bits per heavy atom. The first-order valence-electron chi connectivity index (χ1n) is 11.2. The number of carboxylic acid groups (broad SMARTS) is 2. The van der Waals surface area contributed by atoms with Crippen molar-refractivity contribution in [3.8, 4) is 0 Å². The van der Waals surface area contributed by atoms with Crippen molar-refractivity contribution in [2.45, 2.75) is 57.2 Å². The van der Waals surface area contributed by atoms with Crippen LogP contribution in [-0.2, 0) is 22.7 Å². The van der Waals surface area contributed by atoms with E-state index in [-0.39, 0.29) is 0 Å². The minimum atomic E-state index is -5.08. The third kappa shape index (κ3) is 9.11. The fourth-order valence-electron chi connectivity index (χ4n) is 4.49. The molecule has 0 bridgehead atoms. The van der Waals surface area contributed by atoms with Crippen LogP contribution in [0.5, 0.6) is 0 Å². The zero-order chi connectivity index (χ0) is 27.9. The lowest BCUT2D eigenvalue weighted by molar-refractivity contribution is -0.193. The molecule has 4 rings (SSSR count). The number of furan rings is 2. The fourth-order valence-corrected chi connectivity index (χ4v) is 4.49. The summed E-state index contributed by atoms with van der Waals surface area (Å²) in [6.07, 6.45) is -1.30. The Hall–Kier alpha value is -3.00. The Bertz CT molecular complexity index is 943. The van der Waals surface area contributed by atoms with Crippen molar-refractivity contribution >= 4 is 11.9 Å². The van der Waals surface area contributed by atoms with Gasteiger partial charge in [0, 0.05) is 6.04 Å². The van der Waals surface area contributed by atoms with Gasteiger partial charge in [0.2, 0.25) is 0 Å². The number of carboxylic acids is 2. The highest BCUT2D eigenvalue weighted by Crippen LogP contribution is 2.51. The van der Waals surface area contributed by atoms with E-state index in [1.54, 1.807) is 12.5 Å². The molecule has 1 saturated heterocycles. The highest BCUT2D eigenvalue weighted by molar-refractivity contribution is 5.73. The van der Waals surface area contributed by atoms with Crippen LogP contribution in [0.25, 0.3) is 0 Å². The van der Waals surface area contributed by atoms with Crippen LogP contribution >= 0.6 is 0 Å². The Morgan fingerprint density at radius 2 is 1.41 bits per heavy atom. The van der Waals surface area contributed by atoms with Crippen molar-refractivity contribution in [2.24, 2.45) is 5.41 Å². The smallest absolute Gasteiger partial charge is 0.475 e. The Balaban J connectivity index is 0.000000286. The molecule has 0 radical (unpaired) electrons. The molecule has 1 saturated carbocycles. The van der Waals surface area contributed by atoms with Crippen LogP contribution in [0, 0.1) is 5.41 Å². The van der Waals surface area contributed by atoms with Gasteiger partial charge in [-0.2, -0.15) is 26.3 Å². The summed E-state index contributed by atoms with van der Waals surface area (Å²) in [4.78, 5) is 22.8. The number of piperidine rings is 1. The summed E-state index contributed by atoms with van der Waals surface area (Å²) in [6, 6.07) is 8.82. The van der Waals surface area contributed by atoms with E-state index in [9.17, 15) is 26.3 Å². The van der Waals surface area contributed by atoms with Gasteiger partial charge in [0.25, 0.3) is 0 Å². The topological polar surface area (TPSA) is 107 Å². The molecule has 1 aliphatic carbocycles. The summed E-state index contributed by atoms with van der Waals surface area (Å²) >= 11 is 0. The molecule has 0 aromatic carbocycles. The average molecular weight is 542 g/mol. The van der Waals surface area contributed by atoms with Crippen LogP contribution < -0.4 is 0 Å². The van der Waals surface area contributed by atoms with E-state index in [0.717, 1.165) is 24.6 Å². The van der Waals surface area contributed by atoms with E-state index in [4.69, 9.17) is 28.6 Å². The van der Waals surface area contributed by atoms with Crippen LogP contribution in [0.4, 0.5) is 26.3 Å². The van der Waals surface area contributed by atoms with Gasteiger partial charge in [-0.05, 0) is 75.5 Å². The Kier molecular flexibility index (Phi) is 10.2. The van der Waals surface area contributed by atoms with Gasteiger partial charge < -0.3 is 19.0 Å². The molecule has 2 N–H and O–H groups in total. The van der Waals surface area contributed by atoms with Crippen molar-refractivity contribution in [1.29, 1.82) is 0 Å². The number of hydrogen-bond donors (Lipinski definition) is 2. The third-order valence-electron chi connectivity index (χ3n) is 6.44. The molecule has 1 spiro atoms. The lowest BCUT2D eigenvalue weighted by Crippen LogP contribution is -2.57. The Morgan fingerprint density at radius 3 is 1.76 bits per heavy atom. The molecule has 37 heavy (non-hydrogen) atoms. The lowest BCUT2D eigenvalue weighted by atomic mass is 9.59. The number of carbonyl (C=O) groups is 2. The zero-order valence-electron chi connectivity index (χ0n) is 19.9. The molecule has 14 heteroatoms. The number of halogens is 6. The molecule has 3 heterocycles. The summed E-state index contributed by atoms with van der Waals surface area (Å²) in [5.74, 6) is -3.36. The first-order chi connectivity index (χ1) is 17.1. The minimum absolute atomic E-state index is 0.529. The van der Waals surface area contributed by atoms with E-state index in [1.807, 2.05) is 12.1 Å². The molecule has 2 aliphatic rings. The van der Waals surface area contributed by atoms with Crippen LogP contribution in [0.1, 0.15) is 37.2 Å². The van der Waals surface area contributed by atoms with E-state index in [2.05, 4.69) is 29.0 Å². The maximum absolute atomic E-state index is 10.6. The van der Waals surface area contributed by atoms with Gasteiger partial charge in [-0.15, -0.1) is 0 Å². The predicted octanol–water partition coefficient (Wildman–Crippen LogP) is 5.02. The molecule has 1 atom stereocenters. The average Bonchev–Trinajstić information content (AvgIpc) is 3.47. The number of alkyl halides is 6. The number of nitrogens with zero attached hydrogens (tertiary/aromatic N) is 2. The maximum Gasteiger partial charge on any atom is 0.490 e. The number of rotatable bonds is 5. The molecular formula is C23H28F6N2O6. The maximum atomic E-state index is 10.6. The van der Waals surface area contributed by atoms with Crippen molar-refractivity contribution < 1.29 is 55.0 Å². The minimum Gasteiger partial charge on any atom is -0.475 e. The van der Waals surface area contributed by atoms with Gasteiger partial charge in [-0.3, -0.25) is 9.80 Å². The second-order valence-corrected chi connectivity index (χ2v) is 8.87. The van der Waals surface area contributed by atoms with Crippen LogP contribution in [-0.4, -0.2) is 70.5 Å². The van der Waals surface area contributed by atoms with Gasteiger partial charge in [-0.1, -0.05) is 0 Å². The van der Waals surface area contributed by atoms with E-state index < -0.39 is 24.3 Å². The molecule has 2 aromatic heterocycles. The zero-order valence-corrected chi connectivity index (χ0v) is 19.9. The summed E-state index contributed by atoms with van der Waals surface area (Å²) in [5.41, 5.74) is 0.529. The SMILES string of the molecule is CN(Cc1ccco1)C1CCC12CCN(Cc1ccco1)CC2.O=C(O)C(F)(F)F.O=C(O)C(F)(F)F. The highest BCUT2D eigenvalue weighted by atomic mass is 19.4. The molecule has 2 aromatic rings. The lowest BCUT2D eigenvalue weighted by Gasteiger charge is -2.56. The standard InChI is InChI=1S/C19H26N2O2.2C2HF3O2/c1-20(14-16-4-2-12-22-16)18-6-7-19(18)8-10-21(11-9-19)15-17-5-3-13-23-17;2*3-2(4,5)1(6)7/h2-5,12-13,18H,6-11,14-15H2,1H3;2*(H,6,7). The van der Waals surface area contributed by atoms with Crippen LogP contribution in [0.3, 0.4) is 0 Å². The van der Waals surface area contributed by atoms with Gasteiger partial charge in [0.15, 0.2) is 0 Å². The molecule has 1 aliphatic heterocycles. The molecule has 2 fully saturated rings. The summed E-state index contributed by atoms with van der Waals surface area (Å²) in [6.45, 7) is 4.25. The highest BCUT2D eigenvalue weighted by Gasteiger charge is 2.49. The summed E-state index contributed by atoms with van der Waals surface area (Å²) in [5, 5.41) is 14.2. The van der Waals surface area contributed by atoms with E-state index >= 15 is 0 Å². The van der Waals surface area contributed by atoms with Crippen molar-refractivity contribution in [1.82, 2.24) is 9.80 Å². The van der Waals surface area contributed by atoms with Gasteiger partial charge >= 0.3 is 24.3 Å². The second-order valence-electron chi connectivity index (χ2n) is 8.87. The van der Waals surface area contributed by atoms with E-state index in [0.29, 0.717) is 11.5 Å². The summed E-state index contributed by atoms with van der Waals surface area (Å²) < 4.78 is 74.5. The quantitative estimate of drug-likeness (QED) is 0.508. The van der Waals surface area contributed by atoms with Gasteiger partial charge in [0.05, 0.1) is 25.6 Å². The monoisotopic (exact) mass is 542 g/mol. The Labute approximate surface area is 208 Å². The van der Waals surface area contributed by atoms with Crippen molar-refractivity contribution in [2.75, 3.05) is 20.1 Å². The number of likely N-dealkylation sites (tertiary alicyclic amines) is 1. The molecule has 8 nitrogen and oxygen atoms in total. The van der Waals surface area contributed by atoms with Gasteiger partial charge in [0.1, 0.15) is 11.5 Å². The second kappa shape index (κ2) is 12.5. The van der Waals surface area contributed by atoms with E-state index in [1.165, 1.54) is 38.8 Å². The van der Waals surface area contributed by atoms with Gasteiger partial charge in [-0.25, -0.2) is 9.59 Å². The molecule has 208 valence electrons. The molecule has 0 amide bonds. The first-order valence-corrected chi connectivity index (χ1v) is 11.2. The third-order valence-corrected chi connectivity index (χ3v) is 6.44. The van der Waals surface area contributed by atoms with Crippen LogP contribution in [0.2, 0.25) is 0 Å². The molecule has 1 unspecified atom stereocenters. The summed E-state index contributed by atoms with van der Waals surface area (Å²) in [7, 11) is 2.25. The first kappa shape index (κ1) is 30.2. The van der Waals surface area contributed by atoms with Crippen molar-refractivity contribution in [3.05, 3.63) is 48.3 Å². The van der Waals surface area contributed by atoms with Crippen LogP contribution in [0.15, 0.2) is 45.6 Å². The number of aliphatic carboxylic acids is 2. The predicted molar refractivity (Wildman–Crippen MR) is 116 cm³/mol. The molecular weight excluding hydrogens is 514 g/mol. The van der Waals surface area contributed by atoms with Crippen molar-refractivity contribution in [3.63, 3.8) is 0 Å². The largest absolute Gasteiger partial charge is 0.490 e. The normalized spacial score (nSPS) is 19.3.